The summed E-state index contributed by atoms with van der Waals surface area (Å²) in [4.78, 5) is 14.7. The number of aromatic hydroxyl groups is 1. The van der Waals surface area contributed by atoms with E-state index in [1.165, 1.54) is 0 Å². The van der Waals surface area contributed by atoms with Crippen molar-refractivity contribution in [2.45, 2.75) is 19.0 Å². The number of phenols is 1. The molecule has 1 heterocycles. The van der Waals surface area contributed by atoms with Crippen molar-refractivity contribution in [1.82, 2.24) is 10.3 Å². The highest BCUT2D eigenvalue weighted by molar-refractivity contribution is 5.84. The number of carboxylic acids is 1. The molecule has 4 N–H and O–H groups in total. The molecule has 5 heteroatoms. The topological polar surface area (TPSA) is 85.3 Å². The number of H-pyrrole nitrogens is 1. The predicted octanol–water partition coefficient (Wildman–Crippen LogP) is 2.66. The van der Waals surface area contributed by atoms with E-state index in [2.05, 4.69) is 10.3 Å². The minimum absolute atomic E-state index is 0.163. The fraction of sp³-hybridized carbons (Fsp3) is 0.167. The quantitative estimate of drug-likeness (QED) is 0.564. The molecule has 5 nitrogen and oxygen atoms in total. The summed E-state index contributed by atoms with van der Waals surface area (Å²) in [7, 11) is 0. The first-order valence-corrected chi connectivity index (χ1v) is 7.43. The second kappa shape index (κ2) is 6.54. The van der Waals surface area contributed by atoms with Crippen LogP contribution < -0.4 is 5.32 Å². The van der Waals surface area contributed by atoms with Crippen molar-refractivity contribution < 1.29 is 15.0 Å². The van der Waals surface area contributed by atoms with Gasteiger partial charge in [-0.2, -0.15) is 0 Å². The molecule has 3 rings (SSSR count). The Labute approximate surface area is 133 Å². The normalized spacial score (nSPS) is 12.3. The first kappa shape index (κ1) is 15.1. The average Bonchev–Trinajstić information content (AvgIpc) is 2.95. The van der Waals surface area contributed by atoms with Gasteiger partial charge in [0.25, 0.3) is 0 Å². The van der Waals surface area contributed by atoms with E-state index in [9.17, 15) is 15.0 Å². The van der Waals surface area contributed by atoms with Crippen LogP contribution in [0.5, 0.6) is 5.75 Å². The zero-order chi connectivity index (χ0) is 16.2. The van der Waals surface area contributed by atoms with Gasteiger partial charge < -0.3 is 15.2 Å². The third-order valence-corrected chi connectivity index (χ3v) is 3.93. The van der Waals surface area contributed by atoms with Crippen LogP contribution in [0.1, 0.15) is 11.1 Å². The molecular formula is C18H18N2O3. The van der Waals surface area contributed by atoms with Crippen molar-refractivity contribution >= 4 is 16.9 Å². The van der Waals surface area contributed by atoms with Gasteiger partial charge in [0.2, 0.25) is 0 Å². The lowest BCUT2D eigenvalue weighted by atomic mass is 10.0. The molecule has 0 fully saturated rings. The molecule has 23 heavy (non-hydrogen) atoms. The number of carboxylic acid groups (broad SMARTS) is 1. The van der Waals surface area contributed by atoms with Crippen molar-refractivity contribution in [3.05, 3.63) is 65.9 Å². The number of nitrogens with one attached hydrogen (secondary N) is 2. The lowest BCUT2D eigenvalue weighted by molar-refractivity contribution is -0.139. The molecule has 2 aromatic carbocycles. The summed E-state index contributed by atoms with van der Waals surface area (Å²) in [6.07, 6.45) is 2.22. The van der Waals surface area contributed by atoms with E-state index in [0.29, 0.717) is 18.5 Å². The lowest BCUT2D eigenvalue weighted by Gasteiger charge is -2.14. The number of fused-ring (bicyclic) bond motifs is 1. The van der Waals surface area contributed by atoms with Crippen LogP contribution >= 0.6 is 0 Å². The third kappa shape index (κ3) is 3.35. The molecule has 0 saturated heterocycles. The minimum atomic E-state index is -0.911. The SMILES string of the molecule is O=C(O)C(Cc1c[nH]c2ccccc12)NCc1ccccc1O. The van der Waals surface area contributed by atoms with Crippen molar-refractivity contribution in [3.63, 3.8) is 0 Å². The molecule has 0 aliphatic rings. The van der Waals surface area contributed by atoms with Crippen molar-refractivity contribution in [1.29, 1.82) is 0 Å². The Kier molecular flexibility index (Phi) is 4.30. The molecular weight excluding hydrogens is 292 g/mol. The number of aliphatic carboxylic acids is 1. The van der Waals surface area contributed by atoms with Crippen LogP contribution in [0.2, 0.25) is 0 Å². The van der Waals surface area contributed by atoms with E-state index in [4.69, 9.17) is 0 Å². The van der Waals surface area contributed by atoms with Gasteiger partial charge in [0, 0.05) is 35.6 Å². The standard InChI is InChI=1S/C18H18N2O3/c21-17-8-4-1-5-12(17)10-20-16(18(22)23)9-13-11-19-15-7-3-2-6-14(13)15/h1-8,11,16,19-21H,9-10H2,(H,22,23). The number of hydrogen-bond donors (Lipinski definition) is 4. The summed E-state index contributed by atoms with van der Waals surface area (Å²) >= 11 is 0. The van der Waals surface area contributed by atoms with Gasteiger partial charge >= 0.3 is 5.97 Å². The van der Waals surface area contributed by atoms with Gasteiger partial charge in [-0.25, -0.2) is 0 Å². The molecule has 0 aliphatic heterocycles. The number of rotatable bonds is 6. The molecule has 0 bridgehead atoms. The number of aromatic amines is 1. The number of benzene rings is 2. The number of aromatic nitrogens is 1. The molecule has 118 valence electrons. The Morgan fingerprint density at radius 2 is 1.83 bits per heavy atom. The van der Waals surface area contributed by atoms with E-state index in [-0.39, 0.29) is 5.75 Å². The Morgan fingerprint density at radius 3 is 2.61 bits per heavy atom. The summed E-state index contributed by atoms with van der Waals surface area (Å²) in [5.41, 5.74) is 2.63. The van der Waals surface area contributed by atoms with E-state index < -0.39 is 12.0 Å². The summed E-state index contributed by atoms with van der Waals surface area (Å²) < 4.78 is 0. The predicted molar refractivity (Wildman–Crippen MR) is 88.4 cm³/mol. The largest absolute Gasteiger partial charge is 0.508 e. The summed E-state index contributed by atoms with van der Waals surface area (Å²) in [5, 5.41) is 23.3. The van der Waals surface area contributed by atoms with E-state index in [1.54, 1.807) is 18.2 Å². The Hall–Kier alpha value is -2.79. The van der Waals surface area contributed by atoms with E-state index in [1.807, 2.05) is 36.5 Å². The summed E-state index contributed by atoms with van der Waals surface area (Å²) in [6, 6.07) is 14.0. The van der Waals surface area contributed by atoms with Gasteiger partial charge in [-0.15, -0.1) is 0 Å². The molecule has 3 aromatic rings. The lowest BCUT2D eigenvalue weighted by Crippen LogP contribution is -2.38. The van der Waals surface area contributed by atoms with Crippen LogP contribution in [0.3, 0.4) is 0 Å². The van der Waals surface area contributed by atoms with Gasteiger partial charge in [0.1, 0.15) is 11.8 Å². The second-order valence-electron chi connectivity index (χ2n) is 5.46. The monoisotopic (exact) mass is 310 g/mol. The van der Waals surface area contributed by atoms with Gasteiger partial charge in [0.05, 0.1) is 0 Å². The Morgan fingerprint density at radius 1 is 1.09 bits per heavy atom. The van der Waals surface area contributed by atoms with Crippen molar-refractivity contribution in [2.24, 2.45) is 0 Å². The highest BCUT2D eigenvalue weighted by Gasteiger charge is 2.19. The molecule has 1 aromatic heterocycles. The number of carbonyl (C=O) groups is 1. The van der Waals surface area contributed by atoms with Crippen LogP contribution in [0.25, 0.3) is 10.9 Å². The van der Waals surface area contributed by atoms with Crippen LogP contribution in [0.4, 0.5) is 0 Å². The smallest absolute Gasteiger partial charge is 0.321 e. The maximum Gasteiger partial charge on any atom is 0.321 e. The molecule has 0 saturated carbocycles. The molecule has 0 radical (unpaired) electrons. The second-order valence-corrected chi connectivity index (χ2v) is 5.46. The number of phenolic OH excluding ortho intramolecular Hbond substituents is 1. The van der Waals surface area contributed by atoms with Crippen molar-refractivity contribution in [2.75, 3.05) is 0 Å². The maximum absolute atomic E-state index is 11.5. The van der Waals surface area contributed by atoms with E-state index >= 15 is 0 Å². The average molecular weight is 310 g/mol. The maximum atomic E-state index is 11.5. The third-order valence-electron chi connectivity index (χ3n) is 3.93. The van der Waals surface area contributed by atoms with Gasteiger partial charge in [-0.1, -0.05) is 36.4 Å². The number of hydrogen-bond acceptors (Lipinski definition) is 3. The number of para-hydroxylation sites is 2. The fourth-order valence-corrected chi connectivity index (χ4v) is 2.66. The van der Waals surface area contributed by atoms with Gasteiger partial charge in [-0.05, 0) is 17.7 Å². The zero-order valence-electron chi connectivity index (χ0n) is 12.5. The van der Waals surface area contributed by atoms with Crippen LogP contribution in [0, 0.1) is 0 Å². The van der Waals surface area contributed by atoms with E-state index in [0.717, 1.165) is 16.5 Å². The Bertz CT molecular complexity index is 826. The highest BCUT2D eigenvalue weighted by atomic mass is 16.4. The van der Waals surface area contributed by atoms with Crippen LogP contribution in [-0.4, -0.2) is 27.2 Å². The van der Waals surface area contributed by atoms with Crippen LogP contribution in [0.15, 0.2) is 54.7 Å². The molecule has 1 atom stereocenters. The molecule has 0 spiro atoms. The first-order chi connectivity index (χ1) is 11.1. The first-order valence-electron chi connectivity index (χ1n) is 7.43. The summed E-state index contributed by atoms with van der Waals surface area (Å²) in [6.45, 7) is 0.298. The van der Waals surface area contributed by atoms with Gasteiger partial charge in [-0.3, -0.25) is 10.1 Å². The fourth-order valence-electron chi connectivity index (χ4n) is 2.66. The van der Waals surface area contributed by atoms with Crippen molar-refractivity contribution in [3.8, 4) is 5.75 Å². The zero-order valence-corrected chi connectivity index (χ0v) is 12.5. The molecule has 0 aliphatic carbocycles. The molecule has 1 unspecified atom stereocenters. The van der Waals surface area contributed by atoms with Gasteiger partial charge in [0.15, 0.2) is 0 Å². The molecule has 0 amide bonds. The summed E-state index contributed by atoms with van der Waals surface area (Å²) in [5.74, 6) is -0.748. The highest BCUT2D eigenvalue weighted by Crippen LogP contribution is 2.20. The minimum Gasteiger partial charge on any atom is -0.508 e. The Balaban J connectivity index is 1.75. The van der Waals surface area contributed by atoms with Crippen LogP contribution in [-0.2, 0) is 17.8 Å².